The monoisotopic (exact) mass is 399 g/mol. The first-order valence-electron chi connectivity index (χ1n) is 9.42. The Labute approximate surface area is 170 Å². The van der Waals surface area contributed by atoms with Crippen molar-refractivity contribution < 1.29 is 28.6 Å². The minimum absolute atomic E-state index is 0.0608. The van der Waals surface area contributed by atoms with Gasteiger partial charge in [0.2, 0.25) is 0 Å². The second kappa shape index (κ2) is 10.8. The number of hydrogen-bond donors (Lipinski definition) is 1. The molecular formula is C22H25NO6. The van der Waals surface area contributed by atoms with Crippen molar-refractivity contribution in [1.29, 1.82) is 0 Å². The van der Waals surface area contributed by atoms with Crippen molar-refractivity contribution in [3.8, 4) is 11.5 Å². The number of esters is 1. The average Bonchev–Trinajstić information content (AvgIpc) is 2.71. The van der Waals surface area contributed by atoms with Gasteiger partial charge in [-0.2, -0.15) is 0 Å². The summed E-state index contributed by atoms with van der Waals surface area (Å²) in [6.45, 7) is 5.82. The standard InChI is InChI=1S/C22H25NO6/c1-4-12-28-19-11-8-17(13-20(19)27-5-2)22(26)29-14-21(25)23-18-9-6-16(7-10-18)15(3)24/h6-11,13H,4-5,12,14H2,1-3H3,(H,23,25). The van der Waals surface area contributed by atoms with Gasteiger partial charge in [0, 0.05) is 11.3 Å². The van der Waals surface area contributed by atoms with Crippen LogP contribution >= 0.6 is 0 Å². The summed E-state index contributed by atoms with van der Waals surface area (Å²) in [6, 6.07) is 11.2. The maximum atomic E-state index is 12.3. The molecule has 0 aliphatic carbocycles. The number of Topliss-reactive ketones (excluding diaryl/α,β-unsaturated/α-hetero) is 1. The van der Waals surface area contributed by atoms with Crippen LogP contribution in [0.1, 0.15) is 47.9 Å². The molecule has 0 saturated carbocycles. The second-order valence-electron chi connectivity index (χ2n) is 6.20. The molecule has 0 aliphatic rings. The minimum Gasteiger partial charge on any atom is -0.490 e. The number of ether oxygens (including phenoxy) is 3. The summed E-state index contributed by atoms with van der Waals surface area (Å²) < 4.78 is 16.2. The fourth-order valence-electron chi connectivity index (χ4n) is 2.43. The molecule has 0 spiro atoms. The molecule has 2 rings (SSSR count). The summed E-state index contributed by atoms with van der Waals surface area (Å²) in [6.07, 6.45) is 0.849. The summed E-state index contributed by atoms with van der Waals surface area (Å²) in [4.78, 5) is 35.5. The van der Waals surface area contributed by atoms with Crippen LogP contribution in [-0.2, 0) is 9.53 Å². The molecule has 0 bridgehead atoms. The number of nitrogens with one attached hydrogen (secondary N) is 1. The van der Waals surface area contributed by atoms with Crippen molar-refractivity contribution in [3.63, 3.8) is 0 Å². The highest BCUT2D eigenvalue weighted by Gasteiger charge is 2.14. The first kappa shape index (κ1) is 21.9. The number of amides is 1. The van der Waals surface area contributed by atoms with Gasteiger partial charge in [-0.05, 0) is 62.7 Å². The second-order valence-corrected chi connectivity index (χ2v) is 6.20. The minimum atomic E-state index is -0.643. The Morgan fingerprint density at radius 1 is 0.897 bits per heavy atom. The maximum Gasteiger partial charge on any atom is 0.338 e. The van der Waals surface area contributed by atoms with Crippen LogP contribution < -0.4 is 14.8 Å². The van der Waals surface area contributed by atoms with Gasteiger partial charge in [0.15, 0.2) is 23.9 Å². The molecule has 154 valence electrons. The van der Waals surface area contributed by atoms with Crippen LogP contribution in [0.2, 0.25) is 0 Å². The Morgan fingerprint density at radius 2 is 1.59 bits per heavy atom. The highest BCUT2D eigenvalue weighted by atomic mass is 16.5. The van der Waals surface area contributed by atoms with Gasteiger partial charge in [0.05, 0.1) is 18.8 Å². The third kappa shape index (κ3) is 6.64. The van der Waals surface area contributed by atoms with E-state index >= 15 is 0 Å². The van der Waals surface area contributed by atoms with Gasteiger partial charge in [0.1, 0.15) is 0 Å². The number of rotatable bonds is 10. The first-order chi connectivity index (χ1) is 13.9. The number of ketones is 1. The van der Waals surface area contributed by atoms with E-state index in [-0.39, 0.29) is 11.3 Å². The Hall–Kier alpha value is -3.35. The van der Waals surface area contributed by atoms with Crippen LogP contribution in [0.3, 0.4) is 0 Å². The highest BCUT2D eigenvalue weighted by molar-refractivity contribution is 5.97. The van der Waals surface area contributed by atoms with Gasteiger partial charge in [-0.3, -0.25) is 9.59 Å². The largest absolute Gasteiger partial charge is 0.490 e. The van der Waals surface area contributed by atoms with E-state index in [0.717, 1.165) is 6.42 Å². The van der Waals surface area contributed by atoms with Crippen LogP contribution in [0.4, 0.5) is 5.69 Å². The number of benzene rings is 2. The molecule has 7 nitrogen and oxygen atoms in total. The normalized spacial score (nSPS) is 10.2. The maximum absolute atomic E-state index is 12.3. The van der Waals surface area contributed by atoms with Crippen molar-refractivity contribution in [3.05, 3.63) is 53.6 Å². The molecule has 0 aromatic heterocycles. The predicted molar refractivity (Wildman–Crippen MR) is 109 cm³/mol. The fraction of sp³-hybridized carbons (Fsp3) is 0.318. The van der Waals surface area contributed by atoms with Crippen molar-refractivity contribution in [2.45, 2.75) is 27.2 Å². The Morgan fingerprint density at radius 3 is 2.21 bits per heavy atom. The summed E-state index contributed by atoms with van der Waals surface area (Å²) in [5, 5.41) is 2.61. The molecule has 29 heavy (non-hydrogen) atoms. The number of anilines is 1. The highest BCUT2D eigenvalue weighted by Crippen LogP contribution is 2.29. The summed E-state index contributed by atoms with van der Waals surface area (Å²) in [5.74, 6) is -0.186. The van der Waals surface area contributed by atoms with Crippen molar-refractivity contribution >= 4 is 23.3 Å². The third-order valence-corrected chi connectivity index (χ3v) is 3.85. The SMILES string of the molecule is CCCOc1ccc(C(=O)OCC(=O)Nc2ccc(C(C)=O)cc2)cc1OCC. The van der Waals surface area contributed by atoms with E-state index in [2.05, 4.69) is 5.32 Å². The molecule has 0 saturated heterocycles. The topological polar surface area (TPSA) is 90.9 Å². The van der Waals surface area contributed by atoms with Gasteiger partial charge < -0.3 is 19.5 Å². The lowest BCUT2D eigenvalue weighted by Crippen LogP contribution is -2.21. The number of carbonyl (C=O) groups is 3. The smallest absolute Gasteiger partial charge is 0.338 e. The zero-order valence-electron chi connectivity index (χ0n) is 16.8. The molecule has 2 aromatic rings. The molecular weight excluding hydrogens is 374 g/mol. The molecule has 0 atom stereocenters. The predicted octanol–water partition coefficient (Wildman–Crippen LogP) is 3.87. The van der Waals surface area contributed by atoms with E-state index in [1.807, 2.05) is 13.8 Å². The van der Waals surface area contributed by atoms with E-state index in [4.69, 9.17) is 14.2 Å². The molecule has 2 aromatic carbocycles. The van der Waals surface area contributed by atoms with Gasteiger partial charge in [0.25, 0.3) is 5.91 Å². The van der Waals surface area contributed by atoms with Crippen molar-refractivity contribution in [2.24, 2.45) is 0 Å². The van der Waals surface area contributed by atoms with Crippen LogP contribution in [0.15, 0.2) is 42.5 Å². The van der Waals surface area contributed by atoms with E-state index in [9.17, 15) is 14.4 Å². The fourth-order valence-corrected chi connectivity index (χ4v) is 2.43. The number of carbonyl (C=O) groups excluding carboxylic acids is 3. The Balaban J connectivity index is 1.94. The van der Waals surface area contributed by atoms with Crippen molar-refractivity contribution in [1.82, 2.24) is 0 Å². The molecule has 0 aliphatic heterocycles. The summed E-state index contributed by atoms with van der Waals surface area (Å²) >= 11 is 0. The zero-order chi connectivity index (χ0) is 21.2. The van der Waals surface area contributed by atoms with Gasteiger partial charge in [-0.25, -0.2) is 4.79 Å². The quantitative estimate of drug-likeness (QED) is 0.482. The molecule has 7 heteroatoms. The van der Waals surface area contributed by atoms with Crippen molar-refractivity contribution in [2.75, 3.05) is 25.1 Å². The molecule has 0 heterocycles. The van der Waals surface area contributed by atoms with Gasteiger partial charge >= 0.3 is 5.97 Å². The lowest BCUT2D eigenvalue weighted by molar-refractivity contribution is -0.119. The molecule has 0 fully saturated rings. The lowest BCUT2D eigenvalue weighted by atomic mass is 10.1. The molecule has 0 unspecified atom stereocenters. The Kier molecular flexibility index (Phi) is 8.21. The average molecular weight is 399 g/mol. The van der Waals surface area contributed by atoms with Gasteiger partial charge in [-0.15, -0.1) is 0 Å². The van der Waals surface area contributed by atoms with Crippen LogP contribution in [0.5, 0.6) is 11.5 Å². The molecule has 0 radical (unpaired) electrons. The van der Waals surface area contributed by atoms with E-state index in [1.165, 1.54) is 13.0 Å². The van der Waals surface area contributed by atoms with Crippen LogP contribution in [0, 0.1) is 0 Å². The zero-order valence-corrected chi connectivity index (χ0v) is 16.8. The van der Waals surface area contributed by atoms with E-state index < -0.39 is 18.5 Å². The lowest BCUT2D eigenvalue weighted by Gasteiger charge is -2.13. The first-order valence-corrected chi connectivity index (χ1v) is 9.42. The van der Waals surface area contributed by atoms with Gasteiger partial charge in [-0.1, -0.05) is 6.92 Å². The summed E-state index contributed by atoms with van der Waals surface area (Å²) in [5.41, 5.74) is 1.31. The van der Waals surface area contributed by atoms with E-state index in [1.54, 1.807) is 36.4 Å². The third-order valence-electron chi connectivity index (χ3n) is 3.85. The Bertz CT molecular complexity index is 860. The molecule has 1 N–H and O–H groups in total. The van der Waals surface area contributed by atoms with Crippen LogP contribution in [-0.4, -0.2) is 37.5 Å². The number of hydrogen-bond acceptors (Lipinski definition) is 6. The summed E-state index contributed by atoms with van der Waals surface area (Å²) in [7, 11) is 0. The van der Waals surface area contributed by atoms with Crippen LogP contribution in [0.25, 0.3) is 0 Å². The van der Waals surface area contributed by atoms with E-state index in [0.29, 0.717) is 36.0 Å². The molecule has 1 amide bonds.